The van der Waals surface area contributed by atoms with Gasteiger partial charge in [-0.3, -0.25) is 14.5 Å². The van der Waals surface area contributed by atoms with Gasteiger partial charge in [0.15, 0.2) is 0 Å². The van der Waals surface area contributed by atoms with Gasteiger partial charge in [0.05, 0.1) is 31.4 Å². The summed E-state index contributed by atoms with van der Waals surface area (Å²) in [6, 6.07) is 6.78. The van der Waals surface area contributed by atoms with Crippen molar-refractivity contribution in [2.24, 2.45) is 0 Å². The molecule has 23 heavy (non-hydrogen) atoms. The zero-order chi connectivity index (χ0) is 16.2. The Balaban J connectivity index is 1.54. The minimum absolute atomic E-state index is 0.152. The predicted molar refractivity (Wildman–Crippen MR) is 90.3 cm³/mol. The summed E-state index contributed by atoms with van der Waals surface area (Å²) in [4.78, 5) is 28.2. The van der Waals surface area contributed by atoms with Crippen LogP contribution in [0, 0.1) is 0 Å². The largest absolute Gasteiger partial charge is 0.379 e. The number of imide groups is 1. The van der Waals surface area contributed by atoms with Crippen LogP contribution in [0.5, 0.6) is 0 Å². The van der Waals surface area contributed by atoms with E-state index in [4.69, 9.17) is 4.74 Å². The summed E-state index contributed by atoms with van der Waals surface area (Å²) < 4.78 is 6.23. The molecule has 3 rings (SSSR count). The zero-order valence-electron chi connectivity index (χ0n) is 12.8. The molecular formula is C16H20BrN3O3. The molecule has 1 unspecified atom stereocenters. The van der Waals surface area contributed by atoms with E-state index in [1.54, 1.807) is 12.1 Å². The maximum absolute atomic E-state index is 12.5. The second kappa shape index (κ2) is 7.53. The first-order valence-electron chi connectivity index (χ1n) is 7.81. The molecule has 6 nitrogen and oxygen atoms in total. The Hall–Kier alpha value is -1.28. The Bertz CT molecular complexity index is 572. The van der Waals surface area contributed by atoms with Crippen molar-refractivity contribution >= 4 is 33.4 Å². The Labute approximate surface area is 143 Å². The van der Waals surface area contributed by atoms with E-state index >= 15 is 0 Å². The van der Waals surface area contributed by atoms with Gasteiger partial charge < -0.3 is 10.1 Å². The number of carbonyl (C=O) groups is 2. The topological polar surface area (TPSA) is 61.9 Å². The van der Waals surface area contributed by atoms with Crippen LogP contribution >= 0.6 is 15.9 Å². The maximum Gasteiger partial charge on any atom is 0.251 e. The van der Waals surface area contributed by atoms with Crippen LogP contribution in [0.3, 0.4) is 0 Å². The molecule has 2 aliphatic heterocycles. The molecule has 2 heterocycles. The Morgan fingerprint density at radius 2 is 1.87 bits per heavy atom. The third kappa shape index (κ3) is 3.98. The number of nitrogens with one attached hydrogen (secondary N) is 1. The lowest BCUT2D eigenvalue weighted by Gasteiger charge is -2.27. The fraction of sp³-hybridized carbons (Fsp3) is 0.500. The van der Waals surface area contributed by atoms with Gasteiger partial charge in [-0.1, -0.05) is 15.9 Å². The van der Waals surface area contributed by atoms with Gasteiger partial charge in [0.2, 0.25) is 5.91 Å². The van der Waals surface area contributed by atoms with Crippen molar-refractivity contribution in [3.05, 3.63) is 28.7 Å². The van der Waals surface area contributed by atoms with Crippen LogP contribution in [-0.4, -0.2) is 62.1 Å². The molecule has 0 bridgehead atoms. The molecule has 124 valence electrons. The monoisotopic (exact) mass is 381 g/mol. The average molecular weight is 382 g/mol. The van der Waals surface area contributed by atoms with Crippen molar-refractivity contribution in [1.82, 2.24) is 10.2 Å². The van der Waals surface area contributed by atoms with Crippen molar-refractivity contribution < 1.29 is 14.3 Å². The smallest absolute Gasteiger partial charge is 0.251 e. The van der Waals surface area contributed by atoms with E-state index in [0.717, 1.165) is 37.3 Å². The van der Waals surface area contributed by atoms with Crippen LogP contribution in [0.15, 0.2) is 28.7 Å². The van der Waals surface area contributed by atoms with E-state index in [9.17, 15) is 9.59 Å². The molecule has 2 saturated heterocycles. The second-order valence-electron chi connectivity index (χ2n) is 5.71. The molecule has 1 atom stereocenters. The standard InChI is InChI=1S/C16H20BrN3O3/c17-12-1-3-13(4-2-12)20-15(21)11-14(16(20)22)18-5-6-19-7-9-23-10-8-19/h1-4,14,18H,5-11H2. The number of carbonyl (C=O) groups excluding carboxylic acids is 2. The number of halogens is 1. The lowest BCUT2D eigenvalue weighted by Crippen LogP contribution is -2.44. The van der Waals surface area contributed by atoms with Gasteiger partial charge in [-0.25, -0.2) is 4.90 Å². The molecule has 0 aliphatic carbocycles. The number of ether oxygens (including phenoxy) is 1. The summed E-state index contributed by atoms with van der Waals surface area (Å²) in [5, 5.41) is 3.22. The minimum atomic E-state index is -0.424. The Kier molecular flexibility index (Phi) is 5.42. The van der Waals surface area contributed by atoms with Gasteiger partial charge in [-0.2, -0.15) is 0 Å². The molecule has 1 aromatic rings. The molecule has 7 heteroatoms. The zero-order valence-corrected chi connectivity index (χ0v) is 14.4. The van der Waals surface area contributed by atoms with Gasteiger partial charge in [0.25, 0.3) is 5.91 Å². The number of hydrogen-bond donors (Lipinski definition) is 1. The van der Waals surface area contributed by atoms with E-state index in [1.807, 2.05) is 12.1 Å². The van der Waals surface area contributed by atoms with Gasteiger partial charge >= 0.3 is 0 Å². The summed E-state index contributed by atoms with van der Waals surface area (Å²) in [6.45, 7) is 4.92. The first kappa shape index (κ1) is 16.6. The summed E-state index contributed by atoms with van der Waals surface area (Å²) >= 11 is 3.35. The van der Waals surface area contributed by atoms with Crippen molar-refractivity contribution in [2.75, 3.05) is 44.3 Å². The lowest BCUT2D eigenvalue weighted by atomic mass is 10.2. The molecule has 0 radical (unpaired) electrons. The maximum atomic E-state index is 12.5. The fourth-order valence-electron chi connectivity index (χ4n) is 2.87. The lowest BCUT2D eigenvalue weighted by molar-refractivity contribution is -0.121. The van der Waals surface area contributed by atoms with Crippen molar-refractivity contribution in [2.45, 2.75) is 12.5 Å². The quantitative estimate of drug-likeness (QED) is 0.771. The molecular weight excluding hydrogens is 362 g/mol. The number of rotatable bonds is 5. The highest BCUT2D eigenvalue weighted by Gasteiger charge is 2.39. The molecule has 0 spiro atoms. The first-order chi connectivity index (χ1) is 11.1. The van der Waals surface area contributed by atoms with Crippen LogP contribution in [0.1, 0.15) is 6.42 Å². The number of morpholine rings is 1. The van der Waals surface area contributed by atoms with Gasteiger partial charge in [0.1, 0.15) is 0 Å². The van der Waals surface area contributed by atoms with Gasteiger partial charge in [-0.15, -0.1) is 0 Å². The number of benzene rings is 1. The van der Waals surface area contributed by atoms with E-state index < -0.39 is 6.04 Å². The number of anilines is 1. The van der Waals surface area contributed by atoms with Gasteiger partial charge in [-0.05, 0) is 24.3 Å². The van der Waals surface area contributed by atoms with E-state index in [2.05, 4.69) is 26.1 Å². The van der Waals surface area contributed by atoms with Crippen LogP contribution < -0.4 is 10.2 Å². The Morgan fingerprint density at radius 3 is 2.57 bits per heavy atom. The summed E-state index contributed by atoms with van der Waals surface area (Å²) in [6.07, 6.45) is 0.220. The summed E-state index contributed by atoms with van der Waals surface area (Å²) in [7, 11) is 0. The summed E-state index contributed by atoms with van der Waals surface area (Å²) in [5.41, 5.74) is 0.626. The summed E-state index contributed by atoms with van der Waals surface area (Å²) in [5.74, 6) is -0.319. The predicted octanol–water partition coefficient (Wildman–Crippen LogP) is 1.00. The van der Waals surface area contributed by atoms with Crippen molar-refractivity contribution in [3.63, 3.8) is 0 Å². The van der Waals surface area contributed by atoms with Crippen LogP contribution in [0.25, 0.3) is 0 Å². The minimum Gasteiger partial charge on any atom is -0.379 e. The van der Waals surface area contributed by atoms with Crippen LogP contribution in [0.4, 0.5) is 5.69 Å². The average Bonchev–Trinajstić information content (AvgIpc) is 2.84. The second-order valence-corrected chi connectivity index (χ2v) is 6.62. The SMILES string of the molecule is O=C1CC(NCCN2CCOCC2)C(=O)N1c1ccc(Br)cc1. The highest BCUT2D eigenvalue weighted by atomic mass is 79.9. The normalized spacial score (nSPS) is 22.8. The highest BCUT2D eigenvalue weighted by Crippen LogP contribution is 2.24. The molecule has 1 N–H and O–H groups in total. The van der Waals surface area contributed by atoms with E-state index in [-0.39, 0.29) is 18.2 Å². The van der Waals surface area contributed by atoms with Crippen molar-refractivity contribution in [3.8, 4) is 0 Å². The molecule has 1 aromatic carbocycles. The molecule has 0 aromatic heterocycles. The van der Waals surface area contributed by atoms with Crippen LogP contribution in [-0.2, 0) is 14.3 Å². The Morgan fingerprint density at radius 1 is 1.17 bits per heavy atom. The molecule has 2 fully saturated rings. The van der Waals surface area contributed by atoms with E-state index in [0.29, 0.717) is 12.2 Å². The molecule has 0 saturated carbocycles. The van der Waals surface area contributed by atoms with E-state index in [1.165, 1.54) is 4.90 Å². The fourth-order valence-corrected chi connectivity index (χ4v) is 3.14. The number of nitrogens with zero attached hydrogens (tertiary/aromatic N) is 2. The first-order valence-corrected chi connectivity index (χ1v) is 8.60. The number of hydrogen-bond acceptors (Lipinski definition) is 5. The number of amides is 2. The third-order valence-electron chi connectivity index (χ3n) is 4.15. The highest BCUT2D eigenvalue weighted by molar-refractivity contribution is 9.10. The third-order valence-corrected chi connectivity index (χ3v) is 4.68. The van der Waals surface area contributed by atoms with Crippen LogP contribution in [0.2, 0.25) is 0 Å². The molecule has 2 aliphatic rings. The molecule has 2 amide bonds. The van der Waals surface area contributed by atoms with Crippen molar-refractivity contribution in [1.29, 1.82) is 0 Å². The van der Waals surface area contributed by atoms with Gasteiger partial charge in [0, 0.05) is 30.7 Å².